The summed E-state index contributed by atoms with van der Waals surface area (Å²) in [4.78, 5) is 60.4. The van der Waals surface area contributed by atoms with Gasteiger partial charge in [-0.25, -0.2) is 15.0 Å². The van der Waals surface area contributed by atoms with E-state index in [1.807, 2.05) is 36.4 Å². The highest BCUT2D eigenvalue weighted by Gasteiger charge is 2.69. The second kappa shape index (κ2) is 24.4. The molecular weight excluding hydrogens is 1300 g/mol. The number of ether oxygens (including phenoxy) is 3. The number of aliphatic imine (C=N–C) groups is 3. The van der Waals surface area contributed by atoms with Crippen molar-refractivity contribution in [2.24, 2.45) is 48.4 Å². The van der Waals surface area contributed by atoms with E-state index in [9.17, 15) is 14.4 Å². The lowest BCUT2D eigenvalue weighted by atomic mass is 9.61. The Labute approximate surface area is 572 Å². The number of fused-ring (bicyclic) bond motifs is 9. The van der Waals surface area contributed by atoms with Crippen LogP contribution in [0.4, 0.5) is 0 Å². The number of carbonyl (C=O) groups is 3. The van der Waals surface area contributed by atoms with Crippen molar-refractivity contribution in [3.8, 4) is 33.4 Å². The Hall–Kier alpha value is -6.24. The van der Waals surface area contributed by atoms with Crippen molar-refractivity contribution in [3.05, 3.63) is 173 Å². The van der Waals surface area contributed by atoms with Gasteiger partial charge in [0.05, 0.1) is 18.3 Å². The van der Waals surface area contributed by atoms with Gasteiger partial charge >= 0.3 is 0 Å². The minimum atomic E-state index is -0.988. The molecule has 15 nitrogen and oxygen atoms in total. The van der Waals surface area contributed by atoms with Crippen molar-refractivity contribution in [1.82, 2.24) is 14.7 Å². The molecule has 21 heteroatoms. The van der Waals surface area contributed by atoms with E-state index < -0.39 is 16.6 Å². The lowest BCUT2D eigenvalue weighted by Gasteiger charge is -2.45. The molecule has 3 atom stereocenters. The van der Waals surface area contributed by atoms with Crippen molar-refractivity contribution in [1.29, 1.82) is 0 Å². The summed E-state index contributed by atoms with van der Waals surface area (Å²) in [6.07, 6.45) is 13.8. The number of rotatable bonds is 6. The van der Waals surface area contributed by atoms with E-state index in [-0.39, 0.29) is 70.2 Å². The number of nitrogens with zero attached hydrogens (tertiary/aromatic N) is 6. The molecule has 3 saturated carbocycles. The lowest BCUT2D eigenvalue weighted by molar-refractivity contribution is -0.138. The average molecular weight is 1380 g/mol. The van der Waals surface area contributed by atoms with Crippen LogP contribution in [0.5, 0.6) is 0 Å². The van der Waals surface area contributed by atoms with Gasteiger partial charge in [-0.2, -0.15) is 0 Å². The van der Waals surface area contributed by atoms with Crippen LogP contribution in [0, 0.1) is 16.2 Å². The average Bonchev–Trinajstić information content (AvgIpc) is 1.55. The van der Waals surface area contributed by atoms with Gasteiger partial charge in [-0.05, 0) is 236 Å². The topological polar surface area (TPSA) is 204 Å². The molecule has 6 aromatic rings. The molecule has 6 N–H and O–H groups in total. The maximum Gasteiger partial charge on any atom is 0.262 e. The second-order valence-corrected chi connectivity index (χ2v) is 29.5. The van der Waals surface area contributed by atoms with Crippen LogP contribution in [0.1, 0.15) is 110 Å². The first-order valence-corrected chi connectivity index (χ1v) is 33.9. The van der Waals surface area contributed by atoms with Crippen LogP contribution in [-0.2, 0) is 64.5 Å². The molecule has 3 aliphatic heterocycles. The highest BCUT2D eigenvalue weighted by molar-refractivity contribution is 6.36. The van der Waals surface area contributed by atoms with Gasteiger partial charge in [0.25, 0.3) is 17.7 Å². The number of hydrogen-bond acceptors (Lipinski definition) is 12. The molecule has 0 aromatic heterocycles. The summed E-state index contributed by atoms with van der Waals surface area (Å²) in [5.41, 5.74) is 26.7. The summed E-state index contributed by atoms with van der Waals surface area (Å²) < 4.78 is 16.8. The van der Waals surface area contributed by atoms with Crippen molar-refractivity contribution in [2.45, 2.75) is 131 Å². The zero-order valence-corrected chi connectivity index (χ0v) is 57.4. The highest BCUT2D eigenvalue weighted by Crippen LogP contribution is 2.65. The molecule has 6 aliphatic carbocycles. The quantitative estimate of drug-likeness (QED) is 0.145. The van der Waals surface area contributed by atoms with Crippen molar-refractivity contribution >= 4 is 105 Å². The van der Waals surface area contributed by atoms with Crippen LogP contribution < -0.4 is 17.2 Å². The van der Waals surface area contributed by atoms with Crippen molar-refractivity contribution < 1.29 is 28.6 Å². The van der Waals surface area contributed by atoms with Gasteiger partial charge in [-0.1, -0.05) is 106 Å². The van der Waals surface area contributed by atoms with Gasteiger partial charge < -0.3 is 31.4 Å². The monoisotopic (exact) mass is 1370 g/mol. The third-order valence-electron chi connectivity index (χ3n) is 22.4. The summed E-state index contributed by atoms with van der Waals surface area (Å²) in [6.45, 7) is 0. The first kappa shape index (κ1) is 65.4. The number of benzene rings is 6. The minimum absolute atomic E-state index is 0.0408. The Morgan fingerprint density at radius 1 is 0.366 bits per heavy atom. The number of likely N-dealkylation sites (N-methyl/N-ethyl adjacent to an activating group) is 3. The molecular formula is C72H75Cl6N9O6. The molecule has 3 fully saturated rings. The van der Waals surface area contributed by atoms with Gasteiger partial charge in [0.1, 0.15) is 0 Å². The highest BCUT2D eigenvalue weighted by atomic mass is 35.5. The first-order valence-electron chi connectivity index (χ1n) is 31.7. The van der Waals surface area contributed by atoms with Gasteiger partial charge in [0.2, 0.25) is 0 Å². The maximum atomic E-state index is 13.7. The lowest BCUT2D eigenvalue weighted by Crippen LogP contribution is -2.51. The zero-order chi connectivity index (χ0) is 65.9. The predicted molar refractivity (Wildman–Crippen MR) is 370 cm³/mol. The normalized spacial score (nSPS) is 29.7. The molecule has 486 valence electrons. The van der Waals surface area contributed by atoms with E-state index >= 15 is 0 Å². The van der Waals surface area contributed by atoms with Crippen LogP contribution >= 0.6 is 69.6 Å². The van der Waals surface area contributed by atoms with E-state index in [4.69, 9.17) is 116 Å². The van der Waals surface area contributed by atoms with E-state index in [0.717, 1.165) is 163 Å². The van der Waals surface area contributed by atoms with Gasteiger partial charge in [0.15, 0.2) is 34.5 Å². The molecule has 93 heavy (non-hydrogen) atoms. The smallest absolute Gasteiger partial charge is 0.262 e. The largest absolute Gasteiger partial charge is 0.381 e. The molecule has 0 radical (unpaired) electrons. The van der Waals surface area contributed by atoms with Gasteiger partial charge in [0, 0.05) is 88.9 Å². The summed E-state index contributed by atoms with van der Waals surface area (Å²) in [6, 6.07) is 35.3. The fraction of sp³-hybridized carbons (Fsp3) is 0.417. The minimum Gasteiger partial charge on any atom is -0.381 e. The molecule has 15 rings (SSSR count). The molecule has 6 spiro atoms. The number of guanidine groups is 3. The van der Waals surface area contributed by atoms with E-state index in [0.29, 0.717) is 30.1 Å². The van der Waals surface area contributed by atoms with Crippen molar-refractivity contribution in [3.63, 3.8) is 0 Å². The number of methoxy groups -OCH3 is 3. The van der Waals surface area contributed by atoms with Gasteiger partial charge in [-0.3, -0.25) is 29.1 Å². The molecule has 1 unspecified atom stereocenters. The van der Waals surface area contributed by atoms with E-state index in [2.05, 4.69) is 54.6 Å². The molecule has 0 saturated heterocycles. The van der Waals surface area contributed by atoms with Crippen LogP contribution in [-0.4, -0.2) is 111 Å². The van der Waals surface area contributed by atoms with Gasteiger partial charge in [-0.15, -0.1) is 0 Å². The van der Waals surface area contributed by atoms with Crippen LogP contribution in [0.3, 0.4) is 0 Å². The summed E-state index contributed by atoms with van der Waals surface area (Å²) in [5, 5.41) is 3.45. The molecule has 0 bridgehead atoms. The number of amides is 3. The Kier molecular flexibility index (Phi) is 17.2. The number of carbonyl (C=O) groups excluding carboxylic acids is 3. The summed E-state index contributed by atoms with van der Waals surface area (Å²) in [5.74, 6) is 0.717. The van der Waals surface area contributed by atoms with Crippen molar-refractivity contribution in [2.75, 3.05) is 42.5 Å². The third-order valence-corrected chi connectivity index (χ3v) is 23.7. The molecule has 3 heterocycles. The Morgan fingerprint density at radius 2 is 0.591 bits per heavy atom. The fourth-order valence-corrected chi connectivity index (χ4v) is 19.1. The molecule has 3 amide bonds. The van der Waals surface area contributed by atoms with E-state index in [1.165, 1.54) is 14.7 Å². The van der Waals surface area contributed by atoms with Crippen LogP contribution in [0.25, 0.3) is 33.4 Å². The Balaban J connectivity index is 0.000000127. The van der Waals surface area contributed by atoms with E-state index in [1.54, 1.807) is 60.7 Å². The molecule has 9 aliphatic rings. The Bertz CT molecular complexity index is 3680. The molecule has 6 aromatic carbocycles. The third kappa shape index (κ3) is 10.5. The SMILES string of the molecule is COC1CCC2(CC1)Cc1ccc(-c3cc(Cl)cc(Cl)c3)cc1C21N=C(N)N(C)C1=O.COC1CCC2(CC1)Cc1ccc(-c3cc(Cl)cc(Cl)c3)cc1[C@@]21N=C(N)N(C)C1=O.COC1CCC2(CC1)Cc1ccc(-c3cc(Cl)cc(Cl)c3)cc1[C@]21N=C(N)N(C)C1=O. The summed E-state index contributed by atoms with van der Waals surface area (Å²) in [7, 11) is 10.4. The number of hydrogen-bond donors (Lipinski definition) is 3. The zero-order valence-electron chi connectivity index (χ0n) is 52.9. The first-order chi connectivity index (χ1) is 44.4. The number of nitrogens with two attached hydrogens (primary N) is 3. The van der Waals surface area contributed by atoms with Crippen LogP contribution in [0.2, 0.25) is 30.1 Å². The maximum absolute atomic E-state index is 13.7. The van der Waals surface area contributed by atoms with Crippen LogP contribution in [0.15, 0.2) is 124 Å². The fourth-order valence-electron chi connectivity index (χ4n) is 17.5. The predicted octanol–water partition coefficient (Wildman–Crippen LogP) is 14.3. The second-order valence-electron chi connectivity index (χ2n) is 26.9. The number of halogens is 6. The standard InChI is InChI=1S/3C24H25Cl2N3O2/c3*1-29-21(30)24(28-22(29)27)20-11-14(16-9-17(25)12-18(26)10-16)3-4-15(20)13-23(24)7-5-19(31-2)6-8-23/h3*3-4,9-12,19H,5-8,13H2,1-2H3,(H2,27,28)/t2*19?,23?,24-;/m10./s1. The Morgan fingerprint density at radius 3 is 0.785 bits per heavy atom. The summed E-state index contributed by atoms with van der Waals surface area (Å²) >= 11 is 37.5.